The molecule has 27 heavy (non-hydrogen) atoms. The van der Waals surface area contributed by atoms with E-state index in [0.29, 0.717) is 31.7 Å². The SMILES string of the molecule is CCCCC1CN(C(=O)OC(C)(C)C)CCN1Cc1ccccc1C(=O)O. The van der Waals surface area contributed by atoms with E-state index in [1.807, 2.05) is 32.9 Å². The first-order valence-corrected chi connectivity index (χ1v) is 9.74. The molecule has 1 N–H and O–H groups in total. The second kappa shape index (κ2) is 9.22. The summed E-state index contributed by atoms with van der Waals surface area (Å²) < 4.78 is 5.52. The van der Waals surface area contributed by atoms with Crippen LogP contribution in [-0.2, 0) is 11.3 Å². The third-order valence-electron chi connectivity index (χ3n) is 4.77. The molecule has 1 atom stereocenters. The van der Waals surface area contributed by atoms with E-state index in [9.17, 15) is 14.7 Å². The molecule has 6 heteroatoms. The van der Waals surface area contributed by atoms with Crippen LogP contribution in [0.4, 0.5) is 4.79 Å². The molecule has 1 aromatic carbocycles. The van der Waals surface area contributed by atoms with Crippen LogP contribution in [0.25, 0.3) is 0 Å². The van der Waals surface area contributed by atoms with Gasteiger partial charge in [0, 0.05) is 32.2 Å². The largest absolute Gasteiger partial charge is 0.478 e. The molecule has 6 nitrogen and oxygen atoms in total. The zero-order chi connectivity index (χ0) is 20.0. The van der Waals surface area contributed by atoms with E-state index >= 15 is 0 Å². The molecule has 1 fully saturated rings. The number of rotatable bonds is 6. The number of carboxylic acids is 1. The summed E-state index contributed by atoms with van der Waals surface area (Å²) in [6, 6.07) is 7.35. The van der Waals surface area contributed by atoms with Crippen LogP contribution in [0.5, 0.6) is 0 Å². The normalized spacial score (nSPS) is 18.4. The van der Waals surface area contributed by atoms with Crippen LogP contribution in [0.2, 0.25) is 0 Å². The molecule has 0 spiro atoms. The average molecular weight is 376 g/mol. The van der Waals surface area contributed by atoms with Gasteiger partial charge >= 0.3 is 12.1 Å². The number of aromatic carboxylic acids is 1. The molecule has 1 saturated heterocycles. The minimum absolute atomic E-state index is 0.202. The van der Waals surface area contributed by atoms with Crippen molar-refractivity contribution in [2.75, 3.05) is 19.6 Å². The van der Waals surface area contributed by atoms with Crippen molar-refractivity contribution in [3.05, 3.63) is 35.4 Å². The van der Waals surface area contributed by atoms with Crippen molar-refractivity contribution < 1.29 is 19.4 Å². The van der Waals surface area contributed by atoms with Crippen molar-refractivity contribution in [3.63, 3.8) is 0 Å². The third-order valence-corrected chi connectivity index (χ3v) is 4.77. The lowest BCUT2D eigenvalue weighted by Gasteiger charge is -2.42. The first kappa shape index (κ1) is 21.2. The Labute approximate surface area is 162 Å². The summed E-state index contributed by atoms with van der Waals surface area (Å²) >= 11 is 0. The maximum absolute atomic E-state index is 12.4. The van der Waals surface area contributed by atoms with Crippen molar-refractivity contribution in [3.8, 4) is 0 Å². The molecule has 0 bridgehead atoms. The first-order chi connectivity index (χ1) is 12.7. The van der Waals surface area contributed by atoms with Crippen LogP contribution in [0.3, 0.4) is 0 Å². The minimum Gasteiger partial charge on any atom is -0.478 e. The van der Waals surface area contributed by atoms with Gasteiger partial charge in [0.15, 0.2) is 0 Å². The van der Waals surface area contributed by atoms with Crippen LogP contribution in [-0.4, -0.2) is 58.2 Å². The molecule has 1 aromatic rings. The van der Waals surface area contributed by atoms with E-state index in [2.05, 4.69) is 11.8 Å². The number of piperazine rings is 1. The number of hydrogen-bond acceptors (Lipinski definition) is 4. The summed E-state index contributed by atoms with van der Waals surface area (Å²) in [4.78, 5) is 28.0. The molecule has 1 amide bonds. The molecule has 2 rings (SSSR count). The number of carbonyl (C=O) groups excluding carboxylic acids is 1. The maximum Gasteiger partial charge on any atom is 0.410 e. The standard InChI is InChI=1S/C21H32N2O4/c1-5-6-10-17-15-23(20(26)27-21(2,3)4)13-12-22(17)14-16-9-7-8-11-18(16)19(24)25/h7-9,11,17H,5-6,10,12-15H2,1-4H3,(H,24,25). The van der Waals surface area contributed by atoms with E-state index in [0.717, 1.165) is 24.8 Å². The number of nitrogens with zero attached hydrogens (tertiary/aromatic N) is 2. The highest BCUT2D eigenvalue weighted by Gasteiger charge is 2.32. The summed E-state index contributed by atoms with van der Waals surface area (Å²) in [6.45, 7) is 10.3. The Morgan fingerprint density at radius 2 is 1.93 bits per heavy atom. The topological polar surface area (TPSA) is 70.1 Å². The lowest BCUT2D eigenvalue weighted by molar-refractivity contribution is 0.00101. The third kappa shape index (κ3) is 6.24. The molecule has 0 saturated carbocycles. The smallest absolute Gasteiger partial charge is 0.410 e. The van der Waals surface area contributed by atoms with Gasteiger partial charge in [-0.25, -0.2) is 9.59 Å². The Kier molecular flexibility index (Phi) is 7.25. The van der Waals surface area contributed by atoms with Gasteiger partial charge in [-0.1, -0.05) is 38.0 Å². The van der Waals surface area contributed by atoms with E-state index in [-0.39, 0.29) is 12.1 Å². The Morgan fingerprint density at radius 3 is 2.56 bits per heavy atom. The van der Waals surface area contributed by atoms with Gasteiger partial charge in [-0.3, -0.25) is 4.90 Å². The molecular weight excluding hydrogens is 344 g/mol. The van der Waals surface area contributed by atoms with Gasteiger partial charge in [0.1, 0.15) is 5.60 Å². The first-order valence-electron chi connectivity index (χ1n) is 9.74. The molecule has 1 unspecified atom stereocenters. The number of hydrogen-bond donors (Lipinski definition) is 1. The molecule has 0 aliphatic carbocycles. The van der Waals surface area contributed by atoms with Gasteiger partial charge in [0.25, 0.3) is 0 Å². The van der Waals surface area contributed by atoms with Crippen molar-refractivity contribution >= 4 is 12.1 Å². The molecule has 0 radical (unpaired) electrons. The van der Waals surface area contributed by atoms with Gasteiger partial charge in [0.05, 0.1) is 5.56 Å². The van der Waals surface area contributed by atoms with E-state index in [1.165, 1.54) is 0 Å². The van der Waals surface area contributed by atoms with Gasteiger partial charge in [-0.05, 0) is 38.8 Å². The highest BCUT2D eigenvalue weighted by molar-refractivity contribution is 5.89. The molecule has 1 aliphatic rings. The number of benzene rings is 1. The summed E-state index contributed by atoms with van der Waals surface area (Å²) in [6.07, 6.45) is 2.87. The lowest BCUT2D eigenvalue weighted by Crippen LogP contribution is -2.55. The monoisotopic (exact) mass is 376 g/mol. The fourth-order valence-corrected chi connectivity index (χ4v) is 3.39. The van der Waals surface area contributed by atoms with Gasteiger partial charge in [-0.2, -0.15) is 0 Å². The zero-order valence-electron chi connectivity index (χ0n) is 16.9. The fourth-order valence-electron chi connectivity index (χ4n) is 3.39. The van der Waals surface area contributed by atoms with Crippen LogP contribution in [0.1, 0.15) is 62.9 Å². The highest BCUT2D eigenvalue weighted by atomic mass is 16.6. The van der Waals surface area contributed by atoms with Gasteiger partial charge in [-0.15, -0.1) is 0 Å². The fraction of sp³-hybridized carbons (Fsp3) is 0.619. The highest BCUT2D eigenvalue weighted by Crippen LogP contribution is 2.22. The molecule has 1 aliphatic heterocycles. The number of amides is 1. The molecule has 0 aromatic heterocycles. The van der Waals surface area contributed by atoms with Crippen molar-refractivity contribution in [1.82, 2.24) is 9.80 Å². The quantitative estimate of drug-likeness (QED) is 0.813. The Hall–Kier alpha value is -2.08. The number of carboxylic acid groups (broad SMARTS) is 1. The number of unbranched alkanes of at least 4 members (excludes halogenated alkanes) is 1. The molecular formula is C21H32N2O4. The second-order valence-corrected chi connectivity index (χ2v) is 8.16. The summed E-state index contributed by atoms with van der Waals surface area (Å²) in [5.74, 6) is -0.900. The van der Waals surface area contributed by atoms with Gasteiger partial charge in [0.2, 0.25) is 0 Å². The van der Waals surface area contributed by atoms with E-state index in [4.69, 9.17) is 4.74 Å². The van der Waals surface area contributed by atoms with Crippen LogP contribution in [0, 0.1) is 0 Å². The predicted octanol–water partition coefficient (Wildman–Crippen LogP) is 4.00. The van der Waals surface area contributed by atoms with Crippen LogP contribution >= 0.6 is 0 Å². The minimum atomic E-state index is -0.900. The Morgan fingerprint density at radius 1 is 1.22 bits per heavy atom. The van der Waals surface area contributed by atoms with Crippen molar-refractivity contribution in [2.24, 2.45) is 0 Å². The predicted molar refractivity (Wildman–Crippen MR) is 105 cm³/mol. The van der Waals surface area contributed by atoms with Crippen LogP contribution < -0.4 is 0 Å². The Bertz CT molecular complexity index is 654. The van der Waals surface area contributed by atoms with Crippen molar-refractivity contribution in [1.29, 1.82) is 0 Å². The molecule has 1 heterocycles. The van der Waals surface area contributed by atoms with Crippen molar-refractivity contribution in [2.45, 2.75) is 65.1 Å². The lowest BCUT2D eigenvalue weighted by atomic mass is 10.0. The Balaban J connectivity index is 2.11. The van der Waals surface area contributed by atoms with Gasteiger partial charge < -0.3 is 14.7 Å². The number of ether oxygens (including phenoxy) is 1. The van der Waals surface area contributed by atoms with E-state index in [1.54, 1.807) is 17.0 Å². The summed E-state index contributed by atoms with van der Waals surface area (Å²) in [5.41, 5.74) is 0.659. The number of carbonyl (C=O) groups is 2. The zero-order valence-corrected chi connectivity index (χ0v) is 16.9. The van der Waals surface area contributed by atoms with Crippen LogP contribution in [0.15, 0.2) is 24.3 Å². The second-order valence-electron chi connectivity index (χ2n) is 8.16. The average Bonchev–Trinajstić information content (AvgIpc) is 2.59. The summed E-state index contributed by atoms with van der Waals surface area (Å²) in [5, 5.41) is 9.44. The summed E-state index contributed by atoms with van der Waals surface area (Å²) in [7, 11) is 0. The molecule has 150 valence electrons. The van der Waals surface area contributed by atoms with E-state index < -0.39 is 11.6 Å². The maximum atomic E-state index is 12.4.